The number of hydrogen-bond acceptors (Lipinski definition) is 3. The minimum absolute atomic E-state index is 0.0995. The molecule has 1 aromatic heterocycles. The van der Waals surface area contributed by atoms with Gasteiger partial charge in [-0.15, -0.1) is 0 Å². The molecule has 1 aliphatic heterocycles. The van der Waals surface area contributed by atoms with Gasteiger partial charge in [-0.25, -0.2) is 0 Å². The van der Waals surface area contributed by atoms with Crippen LogP contribution in [0.3, 0.4) is 0 Å². The van der Waals surface area contributed by atoms with Crippen LogP contribution in [0.15, 0.2) is 12.3 Å². The van der Waals surface area contributed by atoms with E-state index in [1.807, 2.05) is 0 Å². The molecule has 0 spiro atoms. The van der Waals surface area contributed by atoms with Gasteiger partial charge in [0.05, 0.1) is 5.92 Å². The highest BCUT2D eigenvalue weighted by molar-refractivity contribution is 5.99. The Bertz CT molecular complexity index is 576. The van der Waals surface area contributed by atoms with Gasteiger partial charge in [0.2, 0.25) is 0 Å². The van der Waals surface area contributed by atoms with E-state index in [0.717, 1.165) is 0 Å². The summed E-state index contributed by atoms with van der Waals surface area (Å²) in [5.74, 6) is -1.72. The predicted octanol–water partition coefficient (Wildman–Crippen LogP) is 1.16. The Morgan fingerprint density at radius 3 is 2.45 bits per heavy atom. The molecule has 0 saturated carbocycles. The molecule has 0 aromatic carbocycles. The van der Waals surface area contributed by atoms with Gasteiger partial charge < -0.3 is 14.6 Å². The molecule has 6 nitrogen and oxygen atoms in total. The number of carbonyl (C=O) groups is 3. The van der Waals surface area contributed by atoms with Gasteiger partial charge in [-0.3, -0.25) is 14.4 Å². The Hall–Kier alpha value is -2.11. The number of amides is 1. The number of aryl methyl sites for hydroxylation is 1. The van der Waals surface area contributed by atoms with Crippen LogP contribution >= 0.6 is 0 Å². The van der Waals surface area contributed by atoms with E-state index >= 15 is 0 Å². The number of aliphatic carboxylic acids is 1. The largest absolute Gasteiger partial charge is 0.481 e. The van der Waals surface area contributed by atoms with Gasteiger partial charge in [-0.1, -0.05) is 0 Å². The summed E-state index contributed by atoms with van der Waals surface area (Å²) in [6, 6.07) is 1.22. The van der Waals surface area contributed by atoms with Crippen LogP contribution in [0.1, 0.15) is 41.1 Å². The molecular formula is C14H18N2O4. The first kappa shape index (κ1) is 14.3. The summed E-state index contributed by atoms with van der Waals surface area (Å²) in [6.45, 7) is 3.62. The number of carboxylic acid groups (broad SMARTS) is 1. The zero-order valence-corrected chi connectivity index (χ0v) is 11.8. The molecule has 0 radical (unpaired) electrons. The lowest BCUT2D eigenvalue weighted by Crippen LogP contribution is -2.38. The molecule has 1 amide bonds. The summed E-state index contributed by atoms with van der Waals surface area (Å²) in [7, 11) is 1.70. The predicted molar refractivity (Wildman–Crippen MR) is 71.7 cm³/mol. The van der Waals surface area contributed by atoms with Crippen molar-refractivity contribution in [2.75, 3.05) is 6.54 Å². The van der Waals surface area contributed by atoms with Gasteiger partial charge in [0, 0.05) is 31.4 Å². The third kappa shape index (κ3) is 2.33. The van der Waals surface area contributed by atoms with Gasteiger partial charge in [0.1, 0.15) is 5.69 Å². The van der Waals surface area contributed by atoms with Gasteiger partial charge in [0.15, 0.2) is 5.78 Å². The quantitative estimate of drug-likeness (QED) is 0.841. The fraction of sp³-hybridized carbons (Fsp3) is 0.500. The molecule has 2 atom stereocenters. The third-order valence-corrected chi connectivity index (χ3v) is 3.96. The lowest BCUT2D eigenvalue weighted by molar-refractivity contribution is -0.142. The van der Waals surface area contributed by atoms with Crippen LogP contribution in [-0.2, 0) is 11.8 Å². The van der Waals surface area contributed by atoms with Crippen molar-refractivity contribution in [3.8, 4) is 0 Å². The fourth-order valence-electron chi connectivity index (χ4n) is 2.67. The first-order valence-electron chi connectivity index (χ1n) is 6.54. The lowest BCUT2D eigenvalue weighted by Gasteiger charge is -2.23. The molecule has 1 fully saturated rings. The van der Waals surface area contributed by atoms with Crippen molar-refractivity contribution in [3.05, 3.63) is 23.5 Å². The van der Waals surface area contributed by atoms with Crippen molar-refractivity contribution in [1.29, 1.82) is 0 Å². The summed E-state index contributed by atoms with van der Waals surface area (Å²) < 4.78 is 1.61. The van der Waals surface area contributed by atoms with Crippen molar-refractivity contribution < 1.29 is 19.5 Å². The van der Waals surface area contributed by atoms with E-state index in [1.165, 1.54) is 6.92 Å². The van der Waals surface area contributed by atoms with E-state index in [9.17, 15) is 14.4 Å². The first-order chi connectivity index (χ1) is 9.32. The SMILES string of the molecule is CC(=O)c1cc(C(=O)N2CCC(C(=O)O)C2C)n(C)c1. The summed E-state index contributed by atoms with van der Waals surface area (Å²) in [6.07, 6.45) is 2.08. The number of Topliss-reactive ketones (excluding diaryl/α,β-unsaturated/α-hetero) is 1. The van der Waals surface area contributed by atoms with Crippen molar-refractivity contribution >= 4 is 17.7 Å². The Labute approximate surface area is 117 Å². The summed E-state index contributed by atoms with van der Waals surface area (Å²) in [5.41, 5.74) is 0.894. The van der Waals surface area contributed by atoms with E-state index in [2.05, 4.69) is 0 Å². The number of carbonyl (C=O) groups excluding carboxylic acids is 2. The molecule has 1 aliphatic rings. The minimum atomic E-state index is -0.871. The number of ketones is 1. The van der Waals surface area contributed by atoms with Crippen LogP contribution < -0.4 is 0 Å². The van der Waals surface area contributed by atoms with Crippen LogP contribution in [-0.4, -0.2) is 44.8 Å². The normalized spacial score (nSPS) is 22.1. The van der Waals surface area contributed by atoms with Gasteiger partial charge in [-0.05, 0) is 26.3 Å². The second-order valence-electron chi connectivity index (χ2n) is 5.25. The molecule has 20 heavy (non-hydrogen) atoms. The fourth-order valence-corrected chi connectivity index (χ4v) is 2.67. The molecule has 108 valence electrons. The van der Waals surface area contributed by atoms with Gasteiger partial charge >= 0.3 is 5.97 Å². The van der Waals surface area contributed by atoms with Gasteiger partial charge in [0.25, 0.3) is 5.91 Å². The van der Waals surface area contributed by atoms with Crippen molar-refractivity contribution in [3.63, 3.8) is 0 Å². The highest BCUT2D eigenvalue weighted by Gasteiger charge is 2.39. The molecule has 6 heteroatoms. The lowest BCUT2D eigenvalue weighted by atomic mass is 10.0. The third-order valence-electron chi connectivity index (χ3n) is 3.96. The molecule has 0 bridgehead atoms. The average molecular weight is 278 g/mol. The summed E-state index contributed by atoms with van der Waals surface area (Å²) in [4.78, 5) is 36.5. The topological polar surface area (TPSA) is 79.6 Å². The number of hydrogen-bond donors (Lipinski definition) is 1. The molecule has 1 N–H and O–H groups in total. The zero-order chi connectivity index (χ0) is 15.0. The molecule has 2 rings (SSSR count). The monoisotopic (exact) mass is 278 g/mol. The molecule has 0 aliphatic carbocycles. The molecule has 2 heterocycles. The number of rotatable bonds is 3. The Morgan fingerprint density at radius 1 is 1.35 bits per heavy atom. The van der Waals surface area contributed by atoms with E-state index in [-0.39, 0.29) is 17.7 Å². The molecule has 2 unspecified atom stereocenters. The van der Waals surface area contributed by atoms with Crippen LogP contribution in [0.25, 0.3) is 0 Å². The van der Waals surface area contributed by atoms with E-state index < -0.39 is 11.9 Å². The molecule has 1 aromatic rings. The highest BCUT2D eigenvalue weighted by atomic mass is 16.4. The first-order valence-corrected chi connectivity index (χ1v) is 6.54. The van der Waals surface area contributed by atoms with Crippen molar-refractivity contribution in [2.45, 2.75) is 26.3 Å². The Morgan fingerprint density at radius 2 is 2.00 bits per heavy atom. The van der Waals surface area contributed by atoms with Gasteiger partial charge in [-0.2, -0.15) is 0 Å². The van der Waals surface area contributed by atoms with Crippen LogP contribution in [0.4, 0.5) is 0 Å². The van der Waals surface area contributed by atoms with Crippen LogP contribution in [0.5, 0.6) is 0 Å². The average Bonchev–Trinajstić information content (AvgIpc) is 2.92. The van der Waals surface area contributed by atoms with E-state index in [1.54, 1.807) is 35.7 Å². The Kier molecular flexibility index (Phi) is 3.65. The molecular weight excluding hydrogens is 260 g/mol. The zero-order valence-electron chi connectivity index (χ0n) is 11.8. The second-order valence-corrected chi connectivity index (χ2v) is 5.25. The maximum Gasteiger partial charge on any atom is 0.308 e. The smallest absolute Gasteiger partial charge is 0.308 e. The number of likely N-dealkylation sites (tertiary alicyclic amines) is 1. The van der Waals surface area contributed by atoms with Crippen LogP contribution in [0.2, 0.25) is 0 Å². The highest BCUT2D eigenvalue weighted by Crippen LogP contribution is 2.26. The maximum atomic E-state index is 12.5. The number of nitrogens with zero attached hydrogens (tertiary/aromatic N) is 2. The summed E-state index contributed by atoms with van der Waals surface area (Å²) >= 11 is 0. The second kappa shape index (κ2) is 5.11. The van der Waals surface area contributed by atoms with E-state index in [0.29, 0.717) is 24.2 Å². The Balaban J connectivity index is 2.24. The maximum absolute atomic E-state index is 12.5. The minimum Gasteiger partial charge on any atom is -0.481 e. The number of aromatic nitrogens is 1. The van der Waals surface area contributed by atoms with Crippen molar-refractivity contribution in [2.24, 2.45) is 13.0 Å². The van der Waals surface area contributed by atoms with Crippen LogP contribution in [0, 0.1) is 5.92 Å². The standard InChI is InChI=1S/C14H18N2O4/c1-8-11(14(19)20)4-5-16(8)13(18)12-6-10(9(2)17)7-15(12)3/h6-8,11H,4-5H2,1-3H3,(H,19,20). The van der Waals surface area contributed by atoms with Crippen molar-refractivity contribution in [1.82, 2.24) is 9.47 Å². The van der Waals surface area contributed by atoms with E-state index in [4.69, 9.17) is 5.11 Å². The molecule has 1 saturated heterocycles. The number of carboxylic acids is 1. The summed E-state index contributed by atoms with van der Waals surface area (Å²) in [5, 5.41) is 9.10.